The first kappa shape index (κ1) is 17.4. The second-order valence-electron chi connectivity index (χ2n) is 4.17. The molecule has 0 aliphatic carbocycles. The maximum absolute atomic E-state index is 12.1. The zero-order valence-corrected chi connectivity index (χ0v) is 12.5. The molecule has 0 unspecified atom stereocenters. The lowest BCUT2D eigenvalue weighted by molar-refractivity contribution is -0.274. The van der Waals surface area contributed by atoms with Crippen molar-refractivity contribution in [2.75, 3.05) is 11.9 Å². The van der Waals surface area contributed by atoms with Crippen molar-refractivity contribution in [1.29, 1.82) is 0 Å². The van der Waals surface area contributed by atoms with Gasteiger partial charge in [0.1, 0.15) is 11.6 Å². The number of rotatable bonds is 7. The third-order valence-electron chi connectivity index (χ3n) is 2.47. The Balaban J connectivity index is 2.42. The highest BCUT2D eigenvalue weighted by molar-refractivity contribution is 9.10. The van der Waals surface area contributed by atoms with E-state index >= 15 is 0 Å². The lowest BCUT2D eigenvalue weighted by Gasteiger charge is -2.12. The minimum atomic E-state index is -4.72. The summed E-state index contributed by atoms with van der Waals surface area (Å²) in [6.07, 6.45) is -2.72. The quantitative estimate of drug-likeness (QED) is 0.225. The van der Waals surface area contributed by atoms with Gasteiger partial charge in [0, 0.05) is 18.7 Å². The van der Waals surface area contributed by atoms with Crippen molar-refractivity contribution in [2.45, 2.75) is 25.6 Å². The number of halogens is 4. The van der Waals surface area contributed by atoms with Gasteiger partial charge in [-0.15, -0.1) is 13.2 Å². The first-order valence-corrected chi connectivity index (χ1v) is 6.86. The van der Waals surface area contributed by atoms with E-state index in [1.807, 2.05) is 0 Å². The van der Waals surface area contributed by atoms with E-state index < -0.39 is 6.36 Å². The van der Waals surface area contributed by atoms with E-state index in [9.17, 15) is 13.2 Å². The molecule has 0 heterocycles. The van der Waals surface area contributed by atoms with Gasteiger partial charge in [-0.2, -0.15) is 0 Å². The van der Waals surface area contributed by atoms with Crippen LogP contribution >= 0.6 is 15.9 Å². The fraction of sp³-hybridized carbons (Fsp3) is 0.417. The second-order valence-corrected chi connectivity index (χ2v) is 5.02. The van der Waals surface area contributed by atoms with Crippen LogP contribution in [-0.2, 0) is 0 Å². The van der Waals surface area contributed by atoms with Crippen LogP contribution in [0.1, 0.15) is 19.3 Å². The van der Waals surface area contributed by atoms with Crippen LogP contribution in [0.3, 0.4) is 0 Å². The number of hydrogen-bond acceptors (Lipinski definition) is 4. The molecule has 0 radical (unpaired) electrons. The number of nitrogens with two attached hydrogens (primary N) is 1. The molecule has 1 aromatic carbocycles. The molecule has 4 N–H and O–H groups in total. The first-order valence-electron chi connectivity index (χ1n) is 6.07. The van der Waals surface area contributed by atoms with Gasteiger partial charge in [-0.3, -0.25) is 0 Å². The van der Waals surface area contributed by atoms with E-state index in [0.717, 1.165) is 12.8 Å². The van der Waals surface area contributed by atoms with Crippen molar-refractivity contribution < 1.29 is 23.1 Å². The molecule has 0 saturated carbocycles. The fourth-order valence-electron chi connectivity index (χ4n) is 1.53. The number of hydrogen-bond donors (Lipinski definition) is 3. The molecule has 21 heavy (non-hydrogen) atoms. The summed E-state index contributed by atoms with van der Waals surface area (Å²) < 4.78 is 40.4. The molecule has 9 heteroatoms. The van der Waals surface area contributed by atoms with Gasteiger partial charge in [0.2, 0.25) is 0 Å². The second kappa shape index (κ2) is 7.96. The zero-order valence-electron chi connectivity index (χ0n) is 11.0. The summed E-state index contributed by atoms with van der Waals surface area (Å²) in [5, 5.41) is 14.3. The molecule has 0 aliphatic heterocycles. The van der Waals surface area contributed by atoms with Crippen molar-refractivity contribution in [2.24, 2.45) is 10.9 Å². The van der Waals surface area contributed by atoms with E-state index in [1.165, 1.54) is 18.2 Å². The van der Waals surface area contributed by atoms with Gasteiger partial charge in [-0.25, -0.2) is 0 Å². The average molecular weight is 370 g/mol. The molecule has 1 rings (SSSR count). The lowest BCUT2D eigenvalue weighted by atomic mass is 10.2. The summed E-state index contributed by atoms with van der Waals surface area (Å²) in [4.78, 5) is 0. The monoisotopic (exact) mass is 369 g/mol. The summed E-state index contributed by atoms with van der Waals surface area (Å²) in [5.74, 6) is -0.119. The van der Waals surface area contributed by atoms with Crippen LogP contribution in [0.25, 0.3) is 0 Å². The normalized spacial score (nSPS) is 12.3. The van der Waals surface area contributed by atoms with Gasteiger partial charge >= 0.3 is 6.36 Å². The number of alkyl halides is 3. The average Bonchev–Trinajstić information content (AvgIpc) is 2.39. The molecule has 0 aromatic heterocycles. The topological polar surface area (TPSA) is 79.9 Å². The van der Waals surface area contributed by atoms with E-state index in [2.05, 4.69) is 31.1 Å². The van der Waals surface area contributed by atoms with Gasteiger partial charge < -0.3 is 21.0 Å². The molecule has 0 fully saturated rings. The standard InChI is InChI=1S/C12H15BrF3N3O2/c13-9-7-8(4-5-10(9)21-12(14,15)16)18-6-2-1-3-11(17)19-20/h4-5,7,18,20H,1-3,6H2,(H2,17,19). The summed E-state index contributed by atoms with van der Waals surface area (Å²) in [7, 11) is 0. The van der Waals surface area contributed by atoms with Crippen molar-refractivity contribution >= 4 is 27.5 Å². The highest BCUT2D eigenvalue weighted by Crippen LogP contribution is 2.32. The molecule has 0 spiro atoms. The van der Waals surface area contributed by atoms with Crippen molar-refractivity contribution in [3.63, 3.8) is 0 Å². The van der Waals surface area contributed by atoms with Crippen LogP contribution in [-0.4, -0.2) is 23.9 Å². The van der Waals surface area contributed by atoms with E-state index in [-0.39, 0.29) is 16.1 Å². The summed E-state index contributed by atoms with van der Waals surface area (Å²) in [6.45, 7) is 0.616. The molecular weight excluding hydrogens is 355 g/mol. The van der Waals surface area contributed by atoms with Gasteiger partial charge in [-0.05, 0) is 47.0 Å². The largest absolute Gasteiger partial charge is 0.573 e. The van der Waals surface area contributed by atoms with Crippen LogP contribution in [0, 0.1) is 0 Å². The van der Waals surface area contributed by atoms with Crippen LogP contribution in [0.2, 0.25) is 0 Å². The number of nitrogens with zero attached hydrogens (tertiary/aromatic N) is 1. The maximum Gasteiger partial charge on any atom is 0.573 e. The van der Waals surface area contributed by atoms with Gasteiger partial charge in [0.15, 0.2) is 0 Å². The van der Waals surface area contributed by atoms with Crippen LogP contribution in [0.5, 0.6) is 5.75 Å². The number of unbranched alkanes of at least 4 members (excludes halogenated alkanes) is 1. The Labute approximate surface area is 128 Å². The Morgan fingerprint density at radius 3 is 2.67 bits per heavy atom. The van der Waals surface area contributed by atoms with Crippen molar-refractivity contribution in [1.82, 2.24) is 0 Å². The minimum Gasteiger partial charge on any atom is -0.409 e. The van der Waals surface area contributed by atoms with Gasteiger partial charge in [-0.1, -0.05) is 5.16 Å². The van der Waals surface area contributed by atoms with Crippen molar-refractivity contribution in [3.8, 4) is 5.75 Å². The smallest absolute Gasteiger partial charge is 0.409 e. The highest BCUT2D eigenvalue weighted by Gasteiger charge is 2.31. The third kappa shape index (κ3) is 7.07. The van der Waals surface area contributed by atoms with Crippen LogP contribution in [0.15, 0.2) is 27.8 Å². The number of anilines is 1. The summed E-state index contributed by atoms with van der Waals surface area (Å²) >= 11 is 3.03. The molecule has 0 aliphatic rings. The minimum absolute atomic E-state index is 0.173. The van der Waals surface area contributed by atoms with Crippen LogP contribution in [0.4, 0.5) is 18.9 Å². The SMILES string of the molecule is N/C(CCCCNc1ccc(OC(F)(F)F)c(Br)c1)=N/O. The molecule has 0 bridgehead atoms. The molecule has 1 aromatic rings. The summed E-state index contributed by atoms with van der Waals surface area (Å²) in [5.41, 5.74) is 5.99. The van der Waals surface area contributed by atoms with Crippen molar-refractivity contribution in [3.05, 3.63) is 22.7 Å². The lowest BCUT2D eigenvalue weighted by Crippen LogP contribution is -2.17. The number of oxime groups is 1. The molecule has 0 amide bonds. The Hall–Kier alpha value is -1.64. The molecule has 0 saturated heterocycles. The Kier molecular flexibility index (Phi) is 6.60. The third-order valence-corrected chi connectivity index (χ3v) is 3.09. The molecule has 118 valence electrons. The molecule has 5 nitrogen and oxygen atoms in total. The van der Waals surface area contributed by atoms with E-state index in [0.29, 0.717) is 18.7 Å². The summed E-state index contributed by atoms with van der Waals surface area (Å²) in [6, 6.07) is 4.23. The maximum atomic E-state index is 12.1. The van der Waals surface area contributed by atoms with Gasteiger partial charge in [0.25, 0.3) is 0 Å². The number of amidine groups is 1. The molecular formula is C12H15BrF3N3O2. The van der Waals surface area contributed by atoms with E-state index in [1.54, 1.807) is 0 Å². The predicted molar refractivity (Wildman–Crippen MR) is 76.6 cm³/mol. The Morgan fingerprint density at radius 1 is 1.38 bits per heavy atom. The number of benzene rings is 1. The predicted octanol–water partition coefficient (Wildman–Crippen LogP) is 3.68. The Bertz CT molecular complexity index is 495. The number of ether oxygens (including phenoxy) is 1. The van der Waals surface area contributed by atoms with Gasteiger partial charge in [0.05, 0.1) is 4.47 Å². The fourth-order valence-corrected chi connectivity index (χ4v) is 1.99. The van der Waals surface area contributed by atoms with E-state index in [4.69, 9.17) is 10.9 Å². The van der Waals surface area contributed by atoms with Crippen LogP contribution < -0.4 is 15.8 Å². The Morgan fingerprint density at radius 2 is 2.10 bits per heavy atom. The highest BCUT2D eigenvalue weighted by atomic mass is 79.9. The zero-order chi connectivity index (χ0) is 15.9. The first-order chi connectivity index (χ1) is 9.81. The number of nitrogens with one attached hydrogen (secondary N) is 1. The molecule has 0 atom stereocenters.